The van der Waals surface area contributed by atoms with Gasteiger partial charge >= 0.3 is 0 Å². The summed E-state index contributed by atoms with van der Waals surface area (Å²) in [6.45, 7) is 2.16. The van der Waals surface area contributed by atoms with Gasteiger partial charge < -0.3 is 10.8 Å². The van der Waals surface area contributed by atoms with Crippen LogP contribution in [0.4, 0.5) is 0 Å². The molecule has 2 fully saturated rings. The van der Waals surface area contributed by atoms with Crippen molar-refractivity contribution in [2.45, 2.75) is 49.8 Å². The molecule has 0 radical (unpaired) electrons. The highest BCUT2D eigenvalue weighted by molar-refractivity contribution is 9.10. The topological polar surface area (TPSA) is 49.5 Å². The Balaban J connectivity index is 1.63. The zero-order chi connectivity index (χ0) is 14.2. The molecule has 1 aromatic carbocycles. The molecule has 1 atom stereocenters. The van der Waals surface area contributed by atoms with E-state index in [4.69, 9.17) is 5.73 Å². The number of halogens is 1. The summed E-state index contributed by atoms with van der Waals surface area (Å²) >= 11 is 3.45. The molecule has 20 heavy (non-hydrogen) atoms. The molecule has 1 aliphatic carbocycles. The smallest absolute Gasteiger partial charge is 0.0897 e. The lowest BCUT2D eigenvalue weighted by Crippen LogP contribution is -2.42. The van der Waals surface area contributed by atoms with Crippen molar-refractivity contribution in [2.75, 3.05) is 13.1 Å². The van der Waals surface area contributed by atoms with Crippen LogP contribution in [0.2, 0.25) is 0 Å². The fourth-order valence-corrected chi connectivity index (χ4v) is 3.91. The number of benzene rings is 1. The van der Waals surface area contributed by atoms with Gasteiger partial charge in [-0.2, -0.15) is 0 Å². The first-order chi connectivity index (χ1) is 9.57. The van der Waals surface area contributed by atoms with Gasteiger partial charge in [0.1, 0.15) is 0 Å². The number of likely N-dealkylation sites (tertiary alicyclic amines) is 1. The summed E-state index contributed by atoms with van der Waals surface area (Å²) < 4.78 is 1.06. The van der Waals surface area contributed by atoms with E-state index < -0.39 is 5.60 Å². The third kappa shape index (κ3) is 2.93. The van der Waals surface area contributed by atoms with Crippen molar-refractivity contribution in [3.8, 4) is 0 Å². The van der Waals surface area contributed by atoms with Crippen LogP contribution in [0.25, 0.3) is 0 Å². The molecule has 1 saturated heterocycles. The minimum absolute atomic E-state index is 0.349. The third-order valence-corrected chi connectivity index (χ3v) is 5.47. The van der Waals surface area contributed by atoms with Gasteiger partial charge in [-0.1, -0.05) is 28.1 Å². The van der Waals surface area contributed by atoms with Crippen molar-refractivity contribution in [3.05, 3.63) is 34.3 Å². The molecule has 1 aliphatic heterocycles. The van der Waals surface area contributed by atoms with E-state index in [9.17, 15) is 5.11 Å². The molecule has 3 nitrogen and oxygen atoms in total. The second kappa shape index (κ2) is 5.76. The molecule has 4 heteroatoms. The van der Waals surface area contributed by atoms with E-state index in [0.717, 1.165) is 55.2 Å². The SMILES string of the molecule is N[C@@H]1CCN(C2CCC(O)(c3ccc(Br)cc3)CC2)C1. The second-order valence-electron chi connectivity index (χ2n) is 6.31. The predicted molar refractivity (Wildman–Crippen MR) is 84.5 cm³/mol. The van der Waals surface area contributed by atoms with Gasteiger partial charge in [-0.25, -0.2) is 0 Å². The average molecular weight is 339 g/mol. The molecule has 0 aromatic heterocycles. The van der Waals surface area contributed by atoms with Crippen LogP contribution in [0.1, 0.15) is 37.7 Å². The second-order valence-corrected chi connectivity index (χ2v) is 7.23. The summed E-state index contributed by atoms with van der Waals surface area (Å²) in [7, 11) is 0. The minimum Gasteiger partial charge on any atom is -0.385 e. The third-order valence-electron chi connectivity index (χ3n) is 4.94. The van der Waals surface area contributed by atoms with Gasteiger partial charge in [-0.05, 0) is 49.8 Å². The number of nitrogens with two attached hydrogens (primary N) is 1. The predicted octanol–water partition coefficient (Wildman–Crippen LogP) is 2.61. The zero-order valence-corrected chi connectivity index (χ0v) is 13.3. The van der Waals surface area contributed by atoms with E-state index in [0.29, 0.717) is 12.1 Å². The van der Waals surface area contributed by atoms with Gasteiger partial charge in [0.25, 0.3) is 0 Å². The van der Waals surface area contributed by atoms with Crippen LogP contribution in [0.15, 0.2) is 28.7 Å². The molecule has 2 aliphatic rings. The van der Waals surface area contributed by atoms with Crippen molar-refractivity contribution in [3.63, 3.8) is 0 Å². The van der Waals surface area contributed by atoms with Gasteiger partial charge in [-0.3, -0.25) is 4.90 Å². The highest BCUT2D eigenvalue weighted by Crippen LogP contribution is 2.39. The van der Waals surface area contributed by atoms with Crippen molar-refractivity contribution < 1.29 is 5.11 Å². The van der Waals surface area contributed by atoms with Gasteiger partial charge in [0.05, 0.1) is 5.60 Å². The monoisotopic (exact) mass is 338 g/mol. The molecule has 3 N–H and O–H groups in total. The normalized spacial score (nSPS) is 35.4. The lowest BCUT2D eigenvalue weighted by atomic mass is 9.77. The Morgan fingerprint density at radius 1 is 1.15 bits per heavy atom. The summed E-state index contributed by atoms with van der Waals surface area (Å²) in [4.78, 5) is 2.52. The van der Waals surface area contributed by atoms with Crippen molar-refractivity contribution in [1.82, 2.24) is 4.90 Å². The summed E-state index contributed by atoms with van der Waals surface area (Å²) in [6, 6.07) is 9.06. The van der Waals surface area contributed by atoms with Crippen molar-refractivity contribution in [2.24, 2.45) is 5.73 Å². The highest BCUT2D eigenvalue weighted by atomic mass is 79.9. The van der Waals surface area contributed by atoms with Gasteiger partial charge in [0.15, 0.2) is 0 Å². The Morgan fingerprint density at radius 2 is 1.80 bits per heavy atom. The minimum atomic E-state index is -0.640. The molecular weight excluding hydrogens is 316 g/mol. The Morgan fingerprint density at radius 3 is 2.35 bits per heavy atom. The molecule has 3 rings (SSSR count). The van der Waals surface area contributed by atoms with E-state index >= 15 is 0 Å². The molecule has 110 valence electrons. The number of hydrogen-bond acceptors (Lipinski definition) is 3. The molecule has 1 heterocycles. The fraction of sp³-hybridized carbons (Fsp3) is 0.625. The van der Waals surface area contributed by atoms with Gasteiger partial charge in [0.2, 0.25) is 0 Å². The van der Waals surface area contributed by atoms with Crippen LogP contribution in [0.5, 0.6) is 0 Å². The van der Waals surface area contributed by atoms with Gasteiger partial charge in [0, 0.05) is 29.6 Å². The van der Waals surface area contributed by atoms with Crippen LogP contribution in [0, 0.1) is 0 Å². The van der Waals surface area contributed by atoms with Crippen LogP contribution in [0.3, 0.4) is 0 Å². The van der Waals surface area contributed by atoms with E-state index in [2.05, 4.69) is 20.8 Å². The van der Waals surface area contributed by atoms with Gasteiger partial charge in [-0.15, -0.1) is 0 Å². The maximum Gasteiger partial charge on any atom is 0.0897 e. The number of hydrogen-bond donors (Lipinski definition) is 2. The molecule has 1 saturated carbocycles. The van der Waals surface area contributed by atoms with Crippen LogP contribution < -0.4 is 5.73 Å². The largest absolute Gasteiger partial charge is 0.385 e. The summed E-state index contributed by atoms with van der Waals surface area (Å²) in [5.41, 5.74) is 6.41. The summed E-state index contributed by atoms with van der Waals surface area (Å²) in [6.07, 6.45) is 4.96. The Labute approximate surface area is 129 Å². The Kier molecular flexibility index (Phi) is 4.18. The zero-order valence-electron chi connectivity index (χ0n) is 11.8. The molecule has 0 spiro atoms. The van der Waals surface area contributed by atoms with Crippen LogP contribution in [-0.4, -0.2) is 35.2 Å². The first-order valence-corrected chi connectivity index (χ1v) is 8.34. The number of nitrogens with zero attached hydrogens (tertiary/aromatic N) is 1. The van der Waals surface area contributed by atoms with E-state index in [1.54, 1.807) is 0 Å². The maximum absolute atomic E-state index is 10.9. The van der Waals surface area contributed by atoms with Crippen molar-refractivity contribution in [1.29, 1.82) is 0 Å². The van der Waals surface area contributed by atoms with Crippen LogP contribution in [-0.2, 0) is 5.60 Å². The molecule has 0 bridgehead atoms. The molecule has 1 aromatic rings. The quantitative estimate of drug-likeness (QED) is 0.871. The summed E-state index contributed by atoms with van der Waals surface area (Å²) in [5, 5.41) is 10.9. The standard InChI is InChI=1S/C16H23BrN2O/c17-13-3-1-12(2-4-13)16(20)8-5-15(6-9-16)19-10-7-14(18)11-19/h1-4,14-15,20H,5-11,18H2/t14-,15?,16?/m1/s1. The number of aliphatic hydroxyl groups is 1. The molecule has 0 unspecified atom stereocenters. The van der Waals surface area contributed by atoms with Crippen molar-refractivity contribution >= 4 is 15.9 Å². The maximum atomic E-state index is 10.9. The lowest BCUT2D eigenvalue weighted by Gasteiger charge is -2.40. The van der Waals surface area contributed by atoms with E-state index in [-0.39, 0.29) is 0 Å². The van der Waals surface area contributed by atoms with Crippen LogP contribution >= 0.6 is 15.9 Å². The number of rotatable bonds is 2. The molecule has 0 amide bonds. The first-order valence-electron chi connectivity index (χ1n) is 7.55. The van der Waals surface area contributed by atoms with E-state index in [1.165, 1.54) is 0 Å². The average Bonchev–Trinajstić information content (AvgIpc) is 2.87. The first kappa shape index (κ1) is 14.5. The Bertz CT molecular complexity index is 454. The molecular formula is C16H23BrN2O. The highest BCUT2D eigenvalue weighted by Gasteiger charge is 2.37. The summed E-state index contributed by atoms with van der Waals surface area (Å²) in [5.74, 6) is 0. The lowest BCUT2D eigenvalue weighted by molar-refractivity contribution is -0.0222. The fourth-order valence-electron chi connectivity index (χ4n) is 3.64. The van der Waals surface area contributed by atoms with E-state index in [1.807, 2.05) is 24.3 Å². The Hall–Kier alpha value is -0.420.